The number of hydrogen-bond acceptors (Lipinski definition) is 2. The average Bonchev–Trinajstić information content (AvgIpc) is 2.32. The molecule has 0 unspecified atom stereocenters. The van der Waals surface area contributed by atoms with E-state index in [0.29, 0.717) is 16.8 Å². The molecule has 0 aliphatic heterocycles. The van der Waals surface area contributed by atoms with Crippen LogP contribution < -0.4 is 11.3 Å². The smallest absolute Gasteiger partial charge is 0.252 e. The van der Waals surface area contributed by atoms with Gasteiger partial charge in [-0.1, -0.05) is 6.07 Å². The maximum atomic E-state index is 13.0. The summed E-state index contributed by atoms with van der Waals surface area (Å²) < 4.78 is 25.8. The fourth-order valence-electron chi connectivity index (χ4n) is 1.50. The van der Waals surface area contributed by atoms with Crippen LogP contribution in [0.5, 0.6) is 0 Å². The van der Waals surface area contributed by atoms with Gasteiger partial charge in [-0.2, -0.15) is 0 Å². The van der Waals surface area contributed by atoms with Gasteiger partial charge in [0, 0.05) is 23.4 Å². The van der Waals surface area contributed by atoms with Crippen LogP contribution in [0.15, 0.2) is 35.1 Å². The van der Waals surface area contributed by atoms with Crippen molar-refractivity contribution in [2.24, 2.45) is 5.73 Å². The molecule has 2 aromatic rings. The van der Waals surface area contributed by atoms with Gasteiger partial charge in [0.05, 0.1) is 0 Å². The van der Waals surface area contributed by atoms with E-state index in [0.717, 1.165) is 12.1 Å². The molecule has 1 aromatic heterocycles. The van der Waals surface area contributed by atoms with Crippen LogP contribution in [0.25, 0.3) is 11.3 Å². The number of nitrogens with two attached hydrogens (primary N) is 1. The van der Waals surface area contributed by atoms with Crippen LogP contribution >= 0.6 is 0 Å². The second kappa shape index (κ2) is 4.47. The van der Waals surface area contributed by atoms with Crippen LogP contribution in [0.1, 0.15) is 5.56 Å². The number of benzene rings is 1. The fraction of sp³-hybridized carbons (Fsp3) is 0.0833. The van der Waals surface area contributed by atoms with Gasteiger partial charge >= 0.3 is 0 Å². The summed E-state index contributed by atoms with van der Waals surface area (Å²) in [7, 11) is 0. The number of hydrogen-bond donors (Lipinski definition) is 2. The van der Waals surface area contributed by atoms with Gasteiger partial charge in [0.15, 0.2) is 11.6 Å². The molecule has 2 rings (SSSR count). The summed E-state index contributed by atoms with van der Waals surface area (Å²) in [5.74, 6) is -1.87. The van der Waals surface area contributed by atoms with Crippen molar-refractivity contribution < 1.29 is 8.78 Å². The van der Waals surface area contributed by atoms with Gasteiger partial charge in [-0.3, -0.25) is 4.79 Å². The number of rotatable bonds is 2. The first-order valence-corrected chi connectivity index (χ1v) is 4.99. The minimum atomic E-state index is -0.953. The molecule has 1 heterocycles. The largest absolute Gasteiger partial charge is 0.326 e. The van der Waals surface area contributed by atoms with Gasteiger partial charge in [-0.15, -0.1) is 0 Å². The molecule has 0 saturated carbocycles. The molecule has 0 aliphatic rings. The first-order chi connectivity index (χ1) is 8.11. The molecule has 5 heteroatoms. The van der Waals surface area contributed by atoms with Gasteiger partial charge in [-0.25, -0.2) is 8.78 Å². The highest BCUT2D eigenvalue weighted by Crippen LogP contribution is 2.18. The fourth-order valence-corrected chi connectivity index (χ4v) is 1.50. The zero-order chi connectivity index (χ0) is 12.4. The van der Waals surface area contributed by atoms with Crippen molar-refractivity contribution in [3.8, 4) is 11.3 Å². The molecule has 0 aliphatic carbocycles. The Kier molecular flexibility index (Phi) is 3.01. The van der Waals surface area contributed by atoms with Crippen molar-refractivity contribution in [2.45, 2.75) is 6.54 Å². The SMILES string of the molecule is NCc1ccc(-c2ccc(F)c(F)c2)[nH]c1=O. The lowest BCUT2D eigenvalue weighted by atomic mass is 10.1. The number of pyridine rings is 1. The van der Waals surface area contributed by atoms with Crippen molar-refractivity contribution in [2.75, 3.05) is 0 Å². The van der Waals surface area contributed by atoms with E-state index < -0.39 is 11.6 Å². The highest BCUT2D eigenvalue weighted by atomic mass is 19.2. The Hall–Kier alpha value is -2.01. The van der Waals surface area contributed by atoms with Crippen LogP contribution in [0.3, 0.4) is 0 Å². The molecule has 0 radical (unpaired) electrons. The van der Waals surface area contributed by atoms with Crippen LogP contribution in [0.2, 0.25) is 0 Å². The van der Waals surface area contributed by atoms with E-state index >= 15 is 0 Å². The van der Waals surface area contributed by atoms with Gasteiger partial charge in [0.25, 0.3) is 5.56 Å². The second-order valence-electron chi connectivity index (χ2n) is 3.56. The average molecular weight is 236 g/mol. The van der Waals surface area contributed by atoms with E-state index in [1.54, 1.807) is 12.1 Å². The minimum Gasteiger partial charge on any atom is -0.326 e. The van der Waals surface area contributed by atoms with E-state index in [1.165, 1.54) is 6.07 Å². The Bertz CT molecular complexity index is 608. The summed E-state index contributed by atoms with van der Waals surface area (Å²) in [6.45, 7) is 0.132. The third-order valence-corrected chi connectivity index (χ3v) is 2.44. The highest BCUT2D eigenvalue weighted by molar-refractivity contribution is 5.59. The molecular weight excluding hydrogens is 226 g/mol. The highest BCUT2D eigenvalue weighted by Gasteiger charge is 2.06. The van der Waals surface area contributed by atoms with Crippen molar-refractivity contribution in [1.29, 1.82) is 0 Å². The van der Waals surface area contributed by atoms with Crippen molar-refractivity contribution in [3.05, 3.63) is 57.9 Å². The van der Waals surface area contributed by atoms with Gasteiger partial charge in [0.1, 0.15) is 0 Å². The van der Waals surface area contributed by atoms with Gasteiger partial charge < -0.3 is 10.7 Å². The molecule has 0 amide bonds. The van der Waals surface area contributed by atoms with E-state index in [1.807, 2.05) is 0 Å². The van der Waals surface area contributed by atoms with Crippen LogP contribution in [0, 0.1) is 11.6 Å². The molecule has 17 heavy (non-hydrogen) atoms. The molecular formula is C12H10F2N2O. The quantitative estimate of drug-likeness (QED) is 0.835. The number of nitrogens with one attached hydrogen (secondary N) is 1. The molecule has 3 N–H and O–H groups in total. The topological polar surface area (TPSA) is 58.9 Å². The summed E-state index contributed by atoms with van der Waals surface area (Å²) in [6.07, 6.45) is 0. The van der Waals surface area contributed by atoms with Crippen molar-refractivity contribution in [3.63, 3.8) is 0 Å². The maximum Gasteiger partial charge on any atom is 0.252 e. The Morgan fingerprint density at radius 3 is 2.47 bits per heavy atom. The molecule has 0 fully saturated rings. The number of aromatic nitrogens is 1. The molecule has 3 nitrogen and oxygen atoms in total. The van der Waals surface area contributed by atoms with Crippen molar-refractivity contribution >= 4 is 0 Å². The lowest BCUT2D eigenvalue weighted by Gasteiger charge is -2.03. The zero-order valence-electron chi connectivity index (χ0n) is 8.84. The van der Waals surface area contributed by atoms with Gasteiger partial charge in [0.2, 0.25) is 0 Å². The lowest BCUT2D eigenvalue weighted by Crippen LogP contribution is -2.15. The minimum absolute atomic E-state index is 0.132. The summed E-state index contributed by atoms with van der Waals surface area (Å²) in [4.78, 5) is 14.1. The monoisotopic (exact) mass is 236 g/mol. The normalized spacial score (nSPS) is 10.5. The first kappa shape index (κ1) is 11.5. The molecule has 1 aromatic carbocycles. The predicted molar refractivity (Wildman–Crippen MR) is 60.3 cm³/mol. The van der Waals surface area contributed by atoms with Crippen molar-refractivity contribution in [1.82, 2.24) is 4.98 Å². The predicted octanol–water partition coefficient (Wildman–Crippen LogP) is 1.78. The number of H-pyrrole nitrogens is 1. The maximum absolute atomic E-state index is 13.0. The summed E-state index contributed by atoms with van der Waals surface area (Å²) in [5, 5.41) is 0. The summed E-state index contributed by atoms with van der Waals surface area (Å²) in [5.41, 5.74) is 6.30. The van der Waals surface area contributed by atoms with E-state index in [-0.39, 0.29) is 12.1 Å². The summed E-state index contributed by atoms with van der Waals surface area (Å²) >= 11 is 0. The molecule has 0 spiro atoms. The second-order valence-corrected chi connectivity index (χ2v) is 3.56. The summed E-state index contributed by atoms with van der Waals surface area (Å²) in [6, 6.07) is 6.61. The van der Waals surface area contributed by atoms with E-state index in [4.69, 9.17) is 5.73 Å². The zero-order valence-corrected chi connectivity index (χ0v) is 8.84. The molecule has 88 valence electrons. The molecule has 0 atom stereocenters. The van der Waals surface area contributed by atoms with E-state index in [9.17, 15) is 13.6 Å². The third kappa shape index (κ3) is 2.24. The Labute approximate surface area is 95.9 Å². The Morgan fingerprint density at radius 2 is 1.88 bits per heavy atom. The number of halogens is 2. The standard InChI is InChI=1S/C12H10F2N2O/c13-9-3-1-7(5-10(9)14)11-4-2-8(6-15)12(17)16-11/h1-5H,6,15H2,(H,16,17). The Balaban J connectivity index is 2.50. The molecule has 0 saturated heterocycles. The van der Waals surface area contributed by atoms with Crippen LogP contribution in [-0.4, -0.2) is 4.98 Å². The van der Waals surface area contributed by atoms with E-state index in [2.05, 4.69) is 4.98 Å². The molecule has 0 bridgehead atoms. The van der Waals surface area contributed by atoms with Crippen LogP contribution in [0.4, 0.5) is 8.78 Å². The number of aromatic amines is 1. The van der Waals surface area contributed by atoms with Gasteiger partial charge in [-0.05, 0) is 24.3 Å². The third-order valence-electron chi connectivity index (χ3n) is 2.44. The van der Waals surface area contributed by atoms with Crippen LogP contribution in [-0.2, 0) is 6.54 Å². The Morgan fingerprint density at radius 1 is 1.12 bits per heavy atom. The first-order valence-electron chi connectivity index (χ1n) is 4.99. The lowest BCUT2D eigenvalue weighted by molar-refractivity contribution is 0.509.